The molecule has 34 heavy (non-hydrogen) atoms. The van der Waals surface area contributed by atoms with Crippen LogP contribution in [-0.2, 0) is 12.8 Å². The zero-order valence-electron chi connectivity index (χ0n) is 18.9. The predicted octanol–water partition coefficient (Wildman–Crippen LogP) is 3.74. The Morgan fingerprint density at radius 2 is 1.91 bits per heavy atom. The van der Waals surface area contributed by atoms with Crippen LogP contribution in [0.2, 0.25) is 0 Å². The SMILES string of the molecule is Cc1nc2cc(C(F)(F)F)c(COc3ccc(C(=O)N4CC(C)CC(C)C4)cn3)nc2c(=O)[nH]1. The van der Waals surface area contributed by atoms with Crippen molar-refractivity contribution in [1.82, 2.24) is 24.8 Å². The molecule has 0 aromatic carbocycles. The zero-order chi connectivity index (χ0) is 24.6. The minimum Gasteiger partial charge on any atom is -0.471 e. The van der Waals surface area contributed by atoms with E-state index in [1.807, 2.05) is 0 Å². The van der Waals surface area contributed by atoms with Gasteiger partial charge in [0.05, 0.1) is 22.3 Å². The maximum atomic E-state index is 13.6. The highest BCUT2D eigenvalue weighted by molar-refractivity contribution is 5.94. The lowest BCUT2D eigenvalue weighted by atomic mass is 9.91. The first-order chi connectivity index (χ1) is 16.0. The molecule has 2 unspecified atom stereocenters. The van der Waals surface area contributed by atoms with E-state index in [9.17, 15) is 22.8 Å². The fraction of sp³-hybridized carbons (Fsp3) is 0.435. The third-order valence-electron chi connectivity index (χ3n) is 5.68. The number of amides is 1. The molecule has 0 saturated carbocycles. The summed E-state index contributed by atoms with van der Waals surface area (Å²) in [5.41, 5.74) is -2.14. The number of fused-ring (bicyclic) bond motifs is 1. The van der Waals surface area contributed by atoms with Crippen LogP contribution in [0.4, 0.5) is 13.2 Å². The number of ether oxygens (including phenoxy) is 1. The number of carbonyl (C=O) groups excluding carboxylic acids is 1. The topological polar surface area (TPSA) is 101 Å². The largest absolute Gasteiger partial charge is 0.471 e. The summed E-state index contributed by atoms with van der Waals surface area (Å²) in [4.78, 5) is 41.0. The van der Waals surface area contributed by atoms with Gasteiger partial charge in [-0.1, -0.05) is 13.8 Å². The lowest BCUT2D eigenvalue weighted by molar-refractivity contribution is -0.138. The molecule has 8 nitrogen and oxygen atoms in total. The van der Waals surface area contributed by atoms with E-state index in [1.165, 1.54) is 25.3 Å². The molecule has 4 heterocycles. The van der Waals surface area contributed by atoms with Crippen LogP contribution < -0.4 is 10.3 Å². The fourth-order valence-corrected chi connectivity index (χ4v) is 4.33. The van der Waals surface area contributed by atoms with Gasteiger partial charge in [-0.15, -0.1) is 0 Å². The Morgan fingerprint density at radius 3 is 2.53 bits per heavy atom. The van der Waals surface area contributed by atoms with Crippen LogP contribution in [0, 0.1) is 18.8 Å². The van der Waals surface area contributed by atoms with Crippen LogP contribution in [0.1, 0.15) is 47.7 Å². The molecule has 0 radical (unpaired) electrons. The highest BCUT2D eigenvalue weighted by atomic mass is 19.4. The maximum Gasteiger partial charge on any atom is 0.418 e. The number of aromatic amines is 1. The van der Waals surface area contributed by atoms with Crippen LogP contribution in [0.3, 0.4) is 0 Å². The number of piperidine rings is 1. The van der Waals surface area contributed by atoms with Gasteiger partial charge in [0.2, 0.25) is 5.88 Å². The van der Waals surface area contributed by atoms with Gasteiger partial charge in [-0.05, 0) is 37.3 Å². The summed E-state index contributed by atoms with van der Waals surface area (Å²) in [6.45, 7) is 6.45. The predicted molar refractivity (Wildman–Crippen MR) is 117 cm³/mol. The molecule has 1 N–H and O–H groups in total. The number of rotatable bonds is 4. The highest BCUT2D eigenvalue weighted by Gasteiger charge is 2.35. The number of nitrogens with zero attached hydrogens (tertiary/aromatic N) is 4. The molecule has 180 valence electrons. The number of hydrogen-bond donors (Lipinski definition) is 1. The number of carbonyl (C=O) groups is 1. The molecular formula is C23H24F3N5O3. The first-order valence-corrected chi connectivity index (χ1v) is 10.9. The Labute approximate surface area is 193 Å². The molecule has 1 saturated heterocycles. The van der Waals surface area contributed by atoms with Gasteiger partial charge in [-0.2, -0.15) is 13.2 Å². The number of alkyl halides is 3. The van der Waals surface area contributed by atoms with Crippen molar-refractivity contribution in [3.8, 4) is 5.88 Å². The number of aromatic nitrogens is 4. The normalized spacial score (nSPS) is 18.8. The van der Waals surface area contributed by atoms with Crippen molar-refractivity contribution >= 4 is 16.9 Å². The first kappa shape index (κ1) is 23.7. The molecule has 2 atom stereocenters. The van der Waals surface area contributed by atoms with E-state index >= 15 is 0 Å². The van der Waals surface area contributed by atoms with Crippen LogP contribution in [0.5, 0.6) is 5.88 Å². The van der Waals surface area contributed by atoms with Crippen LogP contribution in [-0.4, -0.2) is 43.8 Å². The zero-order valence-corrected chi connectivity index (χ0v) is 18.9. The molecule has 1 aliphatic rings. The Kier molecular flexibility index (Phi) is 6.28. The van der Waals surface area contributed by atoms with Gasteiger partial charge in [-0.3, -0.25) is 9.59 Å². The molecule has 4 rings (SSSR count). The summed E-state index contributed by atoms with van der Waals surface area (Å²) in [5, 5.41) is 0. The molecule has 3 aromatic heterocycles. The Bertz CT molecular complexity index is 1260. The average Bonchev–Trinajstić information content (AvgIpc) is 2.76. The van der Waals surface area contributed by atoms with Crippen LogP contribution >= 0.6 is 0 Å². The minimum absolute atomic E-state index is 0.0305. The van der Waals surface area contributed by atoms with Gasteiger partial charge in [0.1, 0.15) is 12.4 Å². The van der Waals surface area contributed by atoms with Crippen molar-refractivity contribution in [2.45, 2.75) is 40.0 Å². The van der Waals surface area contributed by atoms with Crippen molar-refractivity contribution in [1.29, 1.82) is 0 Å². The van der Waals surface area contributed by atoms with Crippen molar-refractivity contribution in [3.05, 3.63) is 57.4 Å². The third kappa shape index (κ3) is 5.02. The maximum absolute atomic E-state index is 13.6. The van der Waals surface area contributed by atoms with Gasteiger partial charge in [0, 0.05) is 25.4 Å². The van der Waals surface area contributed by atoms with E-state index in [-0.39, 0.29) is 28.6 Å². The molecule has 1 aliphatic heterocycles. The van der Waals surface area contributed by atoms with Crippen molar-refractivity contribution in [2.24, 2.45) is 11.8 Å². The average molecular weight is 475 g/mol. The molecule has 3 aromatic rings. The standard InChI is InChI=1S/C23H24F3N5O3/c1-12-6-13(2)10-31(9-12)22(33)15-4-5-19(27-8-15)34-11-18-16(23(24,25)26)7-17-20(30-18)21(32)29-14(3)28-17/h4-5,7-8,12-13H,6,9-11H2,1-3H3,(H,28,29,32). The number of aryl methyl sites for hydroxylation is 1. The van der Waals surface area contributed by atoms with Crippen LogP contribution in [0.25, 0.3) is 11.0 Å². The van der Waals surface area contributed by atoms with E-state index in [4.69, 9.17) is 4.74 Å². The molecule has 0 aliphatic carbocycles. The second kappa shape index (κ2) is 9.03. The minimum atomic E-state index is -4.72. The van der Waals surface area contributed by atoms with E-state index in [2.05, 4.69) is 33.8 Å². The van der Waals surface area contributed by atoms with E-state index in [0.717, 1.165) is 12.5 Å². The molecular weight excluding hydrogens is 451 g/mol. The summed E-state index contributed by atoms with van der Waals surface area (Å²) >= 11 is 0. The summed E-state index contributed by atoms with van der Waals surface area (Å²) in [7, 11) is 0. The van der Waals surface area contributed by atoms with Crippen molar-refractivity contribution < 1.29 is 22.7 Å². The quantitative estimate of drug-likeness (QED) is 0.617. The fourth-order valence-electron chi connectivity index (χ4n) is 4.33. The lowest BCUT2D eigenvalue weighted by Crippen LogP contribution is -2.42. The number of nitrogens with one attached hydrogen (secondary N) is 1. The Balaban J connectivity index is 1.53. The second-order valence-corrected chi connectivity index (χ2v) is 8.83. The highest BCUT2D eigenvalue weighted by Crippen LogP contribution is 2.33. The van der Waals surface area contributed by atoms with E-state index < -0.39 is 29.6 Å². The number of halogens is 3. The molecule has 11 heteroatoms. The van der Waals surface area contributed by atoms with E-state index in [0.29, 0.717) is 30.5 Å². The summed E-state index contributed by atoms with van der Waals surface area (Å²) in [6, 6.07) is 3.75. The Hall–Kier alpha value is -3.50. The summed E-state index contributed by atoms with van der Waals surface area (Å²) < 4.78 is 46.3. The van der Waals surface area contributed by atoms with Crippen molar-refractivity contribution in [3.63, 3.8) is 0 Å². The van der Waals surface area contributed by atoms with Gasteiger partial charge < -0.3 is 14.6 Å². The second-order valence-electron chi connectivity index (χ2n) is 8.83. The molecule has 0 spiro atoms. The molecule has 0 bridgehead atoms. The molecule has 1 amide bonds. The molecule has 1 fully saturated rings. The van der Waals surface area contributed by atoms with Gasteiger partial charge in [0.15, 0.2) is 5.52 Å². The number of pyridine rings is 2. The summed E-state index contributed by atoms with van der Waals surface area (Å²) in [5.74, 6) is 0.889. The number of likely N-dealkylation sites (tertiary alicyclic amines) is 1. The number of hydrogen-bond acceptors (Lipinski definition) is 6. The Morgan fingerprint density at radius 1 is 1.21 bits per heavy atom. The monoisotopic (exact) mass is 475 g/mol. The van der Waals surface area contributed by atoms with Gasteiger partial charge in [0.25, 0.3) is 11.5 Å². The first-order valence-electron chi connectivity index (χ1n) is 10.9. The van der Waals surface area contributed by atoms with Crippen molar-refractivity contribution in [2.75, 3.05) is 13.1 Å². The third-order valence-corrected chi connectivity index (χ3v) is 5.68. The van der Waals surface area contributed by atoms with Crippen LogP contribution in [0.15, 0.2) is 29.2 Å². The van der Waals surface area contributed by atoms with E-state index in [1.54, 1.807) is 4.90 Å². The smallest absolute Gasteiger partial charge is 0.418 e. The lowest BCUT2D eigenvalue weighted by Gasteiger charge is -2.35. The van der Waals surface area contributed by atoms with Gasteiger partial charge in [-0.25, -0.2) is 15.0 Å². The summed E-state index contributed by atoms with van der Waals surface area (Å²) in [6.07, 6.45) is -2.30. The van der Waals surface area contributed by atoms with Gasteiger partial charge >= 0.3 is 6.18 Å². The number of H-pyrrole nitrogens is 1.